The predicted octanol–water partition coefficient (Wildman–Crippen LogP) is 1.62. The average Bonchev–Trinajstić information content (AvgIpc) is 3.23. The number of hydrogen-bond acceptors (Lipinski definition) is 6. The Hall–Kier alpha value is -1.67. The summed E-state index contributed by atoms with van der Waals surface area (Å²) in [6.07, 6.45) is 2.17. The summed E-state index contributed by atoms with van der Waals surface area (Å²) in [5.74, 6) is 1.96. The lowest BCUT2D eigenvalue weighted by Gasteiger charge is -2.12. The molecule has 0 bridgehead atoms. The van der Waals surface area contributed by atoms with Gasteiger partial charge in [0.15, 0.2) is 11.8 Å². The molecule has 142 valence electrons. The maximum Gasteiger partial charge on any atom is 0.232 e. The van der Waals surface area contributed by atoms with Crippen LogP contribution in [0.1, 0.15) is 52.3 Å². The first kappa shape index (κ1) is 19.7. The fraction of sp³-hybridized carbons (Fsp3) is 0.824. The van der Waals surface area contributed by atoms with Gasteiger partial charge in [-0.25, -0.2) is 4.99 Å². The van der Waals surface area contributed by atoms with E-state index in [9.17, 15) is 0 Å². The minimum absolute atomic E-state index is 0.151. The van der Waals surface area contributed by atoms with E-state index in [-0.39, 0.29) is 11.5 Å². The molecule has 0 spiro atoms. The number of nitrogens with one attached hydrogen (secondary N) is 2. The van der Waals surface area contributed by atoms with E-state index in [2.05, 4.69) is 25.8 Å². The van der Waals surface area contributed by atoms with E-state index in [1.807, 2.05) is 27.7 Å². The zero-order chi connectivity index (χ0) is 18.1. The Morgan fingerprint density at radius 1 is 1.36 bits per heavy atom. The topological polar surface area (TPSA) is 93.8 Å². The van der Waals surface area contributed by atoms with Crippen LogP contribution < -0.4 is 10.6 Å². The Labute approximate surface area is 149 Å². The molecule has 1 fully saturated rings. The lowest BCUT2D eigenvalue weighted by molar-refractivity contribution is 0.0420. The van der Waals surface area contributed by atoms with Crippen molar-refractivity contribution in [3.05, 3.63) is 11.7 Å². The van der Waals surface area contributed by atoms with Crippen molar-refractivity contribution in [1.82, 2.24) is 20.8 Å². The van der Waals surface area contributed by atoms with E-state index in [0.29, 0.717) is 18.3 Å². The standard InChI is InChI=1S/C17H31N5O3/c1-5-18-16(19-8-6-9-24-13-7-10-23-12-13)20-11-14-21-15(25-22-14)17(2,3)4/h13H,5-12H2,1-4H3,(H2,18,19,20). The molecule has 2 rings (SSSR count). The summed E-state index contributed by atoms with van der Waals surface area (Å²) < 4.78 is 16.3. The van der Waals surface area contributed by atoms with Crippen molar-refractivity contribution < 1.29 is 14.0 Å². The van der Waals surface area contributed by atoms with Crippen LogP contribution in [0.15, 0.2) is 9.52 Å². The Kier molecular flexibility index (Phi) is 7.64. The maximum atomic E-state index is 5.75. The normalized spacial score (nSPS) is 18.6. The largest absolute Gasteiger partial charge is 0.379 e. The Bertz CT molecular complexity index is 533. The van der Waals surface area contributed by atoms with E-state index in [1.54, 1.807) is 0 Å². The van der Waals surface area contributed by atoms with Gasteiger partial charge in [0.05, 0.1) is 12.7 Å². The molecule has 1 unspecified atom stereocenters. The van der Waals surface area contributed by atoms with Crippen molar-refractivity contribution in [3.63, 3.8) is 0 Å². The Balaban J connectivity index is 1.72. The van der Waals surface area contributed by atoms with E-state index in [1.165, 1.54) is 0 Å². The summed E-state index contributed by atoms with van der Waals surface area (Å²) in [4.78, 5) is 8.90. The number of aromatic nitrogens is 2. The summed E-state index contributed by atoms with van der Waals surface area (Å²) in [5.41, 5.74) is -0.151. The second-order valence-corrected chi connectivity index (χ2v) is 7.10. The molecule has 8 heteroatoms. The quantitative estimate of drug-likeness (QED) is 0.417. The van der Waals surface area contributed by atoms with E-state index in [0.717, 1.165) is 51.7 Å². The summed E-state index contributed by atoms with van der Waals surface area (Å²) in [5, 5.41) is 10.5. The van der Waals surface area contributed by atoms with E-state index >= 15 is 0 Å². The highest BCUT2D eigenvalue weighted by atomic mass is 16.5. The van der Waals surface area contributed by atoms with Crippen molar-refractivity contribution in [3.8, 4) is 0 Å². The number of nitrogens with zero attached hydrogens (tertiary/aromatic N) is 3. The number of ether oxygens (including phenoxy) is 2. The van der Waals surface area contributed by atoms with Gasteiger partial charge in [-0.05, 0) is 19.8 Å². The Morgan fingerprint density at radius 2 is 2.20 bits per heavy atom. The molecule has 1 atom stereocenters. The van der Waals surface area contributed by atoms with Gasteiger partial charge in [0, 0.05) is 31.7 Å². The second-order valence-electron chi connectivity index (χ2n) is 7.10. The third-order valence-corrected chi connectivity index (χ3v) is 3.69. The SMILES string of the molecule is CCNC(=NCc1noc(C(C)(C)C)n1)NCCCOC1CCOC1. The van der Waals surface area contributed by atoms with Gasteiger partial charge in [0.1, 0.15) is 6.54 Å². The van der Waals surface area contributed by atoms with Crippen LogP contribution in [0.2, 0.25) is 0 Å². The smallest absolute Gasteiger partial charge is 0.232 e. The molecule has 1 aromatic rings. The summed E-state index contributed by atoms with van der Waals surface area (Å²) >= 11 is 0. The number of rotatable bonds is 8. The molecule has 1 aliphatic rings. The molecule has 25 heavy (non-hydrogen) atoms. The number of hydrogen-bond donors (Lipinski definition) is 2. The van der Waals surface area contributed by atoms with Crippen molar-refractivity contribution in [2.24, 2.45) is 4.99 Å². The number of guanidine groups is 1. The molecular formula is C17H31N5O3. The molecule has 2 heterocycles. The van der Waals surface area contributed by atoms with Crippen LogP contribution in [-0.4, -0.2) is 55.1 Å². The fourth-order valence-corrected chi connectivity index (χ4v) is 2.29. The fourth-order valence-electron chi connectivity index (χ4n) is 2.29. The first-order chi connectivity index (χ1) is 12.0. The van der Waals surface area contributed by atoms with Crippen LogP contribution >= 0.6 is 0 Å². The van der Waals surface area contributed by atoms with E-state index in [4.69, 9.17) is 14.0 Å². The summed E-state index contributed by atoms with van der Waals surface area (Å²) in [7, 11) is 0. The van der Waals surface area contributed by atoms with Crippen LogP contribution in [0.3, 0.4) is 0 Å². The molecule has 1 aliphatic heterocycles. The van der Waals surface area contributed by atoms with Gasteiger partial charge in [-0.1, -0.05) is 25.9 Å². The van der Waals surface area contributed by atoms with Crippen LogP contribution in [0.25, 0.3) is 0 Å². The first-order valence-corrected chi connectivity index (χ1v) is 9.03. The van der Waals surface area contributed by atoms with Gasteiger partial charge in [-0.3, -0.25) is 0 Å². The van der Waals surface area contributed by atoms with E-state index < -0.39 is 0 Å². The number of aliphatic imine (C=N–C) groups is 1. The molecule has 1 saturated heterocycles. The van der Waals surface area contributed by atoms with Crippen LogP contribution in [-0.2, 0) is 21.4 Å². The zero-order valence-electron chi connectivity index (χ0n) is 15.8. The van der Waals surface area contributed by atoms with Crippen LogP contribution in [0, 0.1) is 0 Å². The van der Waals surface area contributed by atoms with Gasteiger partial charge in [0.2, 0.25) is 5.89 Å². The molecule has 0 amide bonds. The minimum atomic E-state index is -0.151. The first-order valence-electron chi connectivity index (χ1n) is 9.03. The monoisotopic (exact) mass is 353 g/mol. The lowest BCUT2D eigenvalue weighted by atomic mass is 9.97. The summed E-state index contributed by atoms with van der Waals surface area (Å²) in [6.45, 7) is 12.4. The molecule has 0 radical (unpaired) electrons. The highest BCUT2D eigenvalue weighted by Gasteiger charge is 2.21. The van der Waals surface area contributed by atoms with Crippen molar-refractivity contribution in [1.29, 1.82) is 0 Å². The molecular weight excluding hydrogens is 322 g/mol. The predicted molar refractivity (Wildman–Crippen MR) is 95.6 cm³/mol. The van der Waals surface area contributed by atoms with Gasteiger partial charge in [-0.2, -0.15) is 4.98 Å². The molecule has 0 saturated carbocycles. The zero-order valence-corrected chi connectivity index (χ0v) is 15.8. The van der Waals surface area contributed by atoms with Gasteiger partial charge in [0.25, 0.3) is 0 Å². The van der Waals surface area contributed by atoms with Crippen molar-refractivity contribution >= 4 is 5.96 Å². The van der Waals surface area contributed by atoms with Gasteiger partial charge < -0.3 is 24.6 Å². The van der Waals surface area contributed by atoms with Crippen LogP contribution in [0.5, 0.6) is 0 Å². The average molecular weight is 353 g/mol. The second kappa shape index (κ2) is 9.72. The maximum absolute atomic E-state index is 5.75. The molecule has 2 N–H and O–H groups in total. The summed E-state index contributed by atoms with van der Waals surface area (Å²) in [6, 6.07) is 0. The van der Waals surface area contributed by atoms with Gasteiger partial charge >= 0.3 is 0 Å². The third-order valence-electron chi connectivity index (χ3n) is 3.69. The Morgan fingerprint density at radius 3 is 2.84 bits per heavy atom. The minimum Gasteiger partial charge on any atom is -0.379 e. The highest BCUT2D eigenvalue weighted by molar-refractivity contribution is 5.79. The van der Waals surface area contributed by atoms with Crippen LogP contribution in [0.4, 0.5) is 0 Å². The molecule has 0 aromatic carbocycles. The van der Waals surface area contributed by atoms with Gasteiger partial charge in [-0.15, -0.1) is 0 Å². The molecule has 1 aromatic heterocycles. The third kappa shape index (κ3) is 6.99. The van der Waals surface area contributed by atoms with Crippen molar-refractivity contribution in [2.75, 3.05) is 32.9 Å². The lowest BCUT2D eigenvalue weighted by Crippen LogP contribution is -2.38. The highest BCUT2D eigenvalue weighted by Crippen LogP contribution is 2.19. The van der Waals surface area contributed by atoms with Crippen molar-refractivity contribution in [2.45, 2.75) is 58.6 Å². The molecule has 8 nitrogen and oxygen atoms in total. The molecule has 0 aliphatic carbocycles.